The molecule has 0 aliphatic rings. The predicted molar refractivity (Wildman–Crippen MR) is 56.7 cm³/mol. The van der Waals surface area contributed by atoms with Gasteiger partial charge in [0.1, 0.15) is 0 Å². The van der Waals surface area contributed by atoms with Gasteiger partial charge < -0.3 is 10.1 Å². The Morgan fingerprint density at radius 3 is 2.56 bits per heavy atom. The van der Waals surface area contributed by atoms with Crippen LogP contribution in [-0.4, -0.2) is 25.4 Å². The van der Waals surface area contributed by atoms with E-state index in [1.807, 2.05) is 0 Å². The van der Waals surface area contributed by atoms with Crippen molar-refractivity contribution in [2.45, 2.75) is 19.0 Å². The summed E-state index contributed by atoms with van der Waals surface area (Å²) in [6.07, 6.45) is -4.05. The highest BCUT2D eigenvalue weighted by molar-refractivity contribution is 5.96. The first-order chi connectivity index (χ1) is 8.39. The van der Waals surface area contributed by atoms with Crippen molar-refractivity contribution in [1.82, 2.24) is 0 Å². The van der Waals surface area contributed by atoms with E-state index in [9.17, 15) is 22.4 Å². The van der Waals surface area contributed by atoms with Gasteiger partial charge in [0.05, 0.1) is 6.61 Å². The fourth-order valence-electron chi connectivity index (χ4n) is 1.23. The van der Waals surface area contributed by atoms with Crippen LogP contribution in [-0.2, 0) is 16.1 Å². The number of ether oxygens (including phenoxy) is 1. The quantitative estimate of drug-likeness (QED) is 0.831. The Labute approximate surface area is 101 Å². The van der Waals surface area contributed by atoms with E-state index in [0.29, 0.717) is 5.56 Å². The van der Waals surface area contributed by atoms with Crippen LogP contribution in [0.25, 0.3) is 0 Å². The molecule has 0 radical (unpaired) electrons. The average molecular weight is 265 g/mol. The Kier molecular flexibility index (Phi) is 4.66. The van der Waals surface area contributed by atoms with Crippen molar-refractivity contribution in [3.8, 4) is 0 Å². The standard InChI is InChI=1S/C11H11F4NO2/c1-18-6-7-4-2-3-5-8(7)16-10(17)11(14,15)9(12)13/h2-5,9H,6H2,1H3,(H,16,17). The molecular formula is C11H11F4NO2. The van der Waals surface area contributed by atoms with Crippen LogP contribution in [0, 0.1) is 0 Å². The Bertz CT molecular complexity index is 423. The van der Waals surface area contributed by atoms with Gasteiger partial charge in [-0.1, -0.05) is 18.2 Å². The molecule has 0 aromatic heterocycles. The maximum atomic E-state index is 12.7. The number of hydrogen-bond donors (Lipinski definition) is 1. The number of alkyl halides is 4. The van der Waals surface area contributed by atoms with E-state index in [-0.39, 0.29) is 12.3 Å². The molecule has 3 nitrogen and oxygen atoms in total. The summed E-state index contributed by atoms with van der Waals surface area (Å²) < 4.78 is 54.3. The van der Waals surface area contributed by atoms with Crippen LogP contribution in [0.3, 0.4) is 0 Å². The van der Waals surface area contributed by atoms with Gasteiger partial charge in [0.2, 0.25) is 0 Å². The zero-order valence-corrected chi connectivity index (χ0v) is 9.42. The number of carbonyl (C=O) groups excluding carboxylic acids is 1. The van der Waals surface area contributed by atoms with Crippen LogP contribution < -0.4 is 5.32 Å². The van der Waals surface area contributed by atoms with E-state index >= 15 is 0 Å². The Morgan fingerprint density at radius 2 is 2.00 bits per heavy atom. The van der Waals surface area contributed by atoms with Crippen LogP contribution in [0.1, 0.15) is 5.56 Å². The molecule has 0 fully saturated rings. The smallest absolute Gasteiger partial charge is 0.380 e. The summed E-state index contributed by atoms with van der Waals surface area (Å²) in [5.74, 6) is -6.76. The van der Waals surface area contributed by atoms with E-state index in [2.05, 4.69) is 0 Å². The summed E-state index contributed by atoms with van der Waals surface area (Å²) in [5, 5.41) is 1.77. The highest BCUT2D eigenvalue weighted by Crippen LogP contribution is 2.25. The number of anilines is 1. The van der Waals surface area contributed by atoms with E-state index < -0.39 is 18.3 Å². The topological polar surface area (TPSA) is 38.3 Å². The number of nitrogens with one attached hydrogen (secondary N) is 1. The minimum atomic E-state index is -4.72. The lowest BCUT2D eigenvalue weighted by molar-refractivity contribution is -0.163. The van der Waals surface area contributed by atoms with Gasteiger partial charge in [0.15, 0.2) is 0 Å². The normalized spacial score (nSPS) is 11.7. The van der Waals surface area contributed by atoms with Crippen LogP contribution in [0.15, 0.2) is 24.3 Å². The van der Waals surface area contributed by atoms with Crippen LogP contribution in [0.4, 0.5) is 23.2 Å². The zero-order chi connectivity index (χ0) is 13.8. The molecular weight excluding hydrogens is 254 g/mol. The molecule has 1 aromatic rings. The summed E-state index contributed by atoms with van der Waals surface area (Å²) in [7, 11) is 1.38. The van der Waals surface area contributed by atoms with Gasteiger partial charge in [0, 0.05) is 18.4 Å². The van der Waals surface area contributed by atoms with Crippen molar-refractivity contribution in [3.63, 3.8) is 0 Å². The second kappa shape index (κ2) is 5.81. The first kappa shape index (κ1) is 14.4. The number of rotatable bonds is 5. The molecule has 7 heteroatoms. The minimum Gasteiger partial charge on any atom is -0.380 e. The number of benzene rings is 1. The molecule has 1 N–H and O–H groups in total. The van der Waals surface area contributed by atoms with Gasteiger partial charge >= 0.3 is 18.3 Å². The minimum absolute atomic E-state index is 0.0182. The van der Waals surface area contributed by atoms with Crippen molar-refractivity contribution >= 4 is 11.6 Å². The summed E-state index contributed by atoms with van der Waals surface area (Å²) in [4.78, 5) is 11.1. The van der Waals surface area contributed by atoms with Crippen molar-refractivity contribution in [3.05, 3.63) is 29.8 Å². The predicted octanol–water partition coefficient (Wildman–Crippen LogP) is 2.67. The van der Waals surface area contributed by atoms with Gasteiger partial charge in [-0.3, -0.25) is 4.79 Å². The molecule has 1 rings (SSSR count). The molecule has 100 valence electrons. The van der Waals surface area contributed by atoms with Gasteiger partial charge in [-0.05, 0) is 6.07 Å². The van der Waals surface area contributed by atoms with Crippen molar-refractivity contribution in [1.29, 1.82) is 0 Å². The number of halogens is 4. The van der Waals surface area contributed by atoms with Crippen LogP contribution in [0.2, 0.25) is 0 Å². The van der Waals surface area contributed by atoms with Gasteiger partial charge in [-0.25, -0.2) is 8.78 Å². The largest absolute Gasteiger partial charge is 0.383 e. The fourth-order valence-corrected chi connectivity index (χ4v) is 1.23. The Hall–Kier alpha value is -1.63. The maximum absolute atomic E-state index is 12.7. The fraction of sp³-hybridized carbons (Fsp3) is 0.364. The van der Waals surface area contributed by atoms with Crippen molar-refractivity contribution in [2.75, 3.05) is 12.4 Å². The maximum Gasteiger partial charge on any atom is 0.383 e. The molecule has 0 saturated heterocycles. The van der Waals surface area contributed by atoms with Gasteiger partial charge in [-0.2, -0.15) is 8.78 Å². The lowest BCUT2D eigenvalue weighted by Gasteiger charge is -2.16. The van der Waals surface area contributed by atoms with Gasteiger partial charge in [-0.15, -0.1) is 0 Å². The molecule has 0 heterocycles. The molecule has 0 spiro atoms. The first-order valence-electron chi connectivity index (χ1n) is 4.94. The van der Waals surface area contributed by atoms with Crippen molar-refractivity contribution < 1.29 is 27.1 Å². The summed E-state index contributed by atoms with van der Waals surface area (Å²) >= 11 is 0. The average Bonchev–Trinajstić information content (AvgIpc) is 2.31. The summed E-state index contributed by atoms with van der Waals surface area (Å²) in [6.45, 7) is 0.0662. The highest BCUT2D eigenvalue weighted by atomic mass is 19.3. The molecule has 0 bridgehead atoms. The molecule has 0 aliphatic heterocycles. The molecule has 0 atom stereocenters. The lowest BCUT2D eigenvalue weighted by Crippen LogP contribution is -2.41. The molecule has 0 saturated carbocycles. The SMILES string of the molecule is COCc1ccccc1NC(=O)C(F)(F)C(F)F. The Morgan fingerprint density at radius 1 is 1.39 bits per heavy atom. The highest BCUT2D eigenvalue weighted by Gasteiger charge is 2.49. The van der Waals surface area contributed by atoms with E-state index in [1.165, 1.54) is 25.3 Å². The number of para-hydroxylation sites is 1. The van der Waals surface area contributed by atoms with Crippen LogP contribution in [0.5, 0.6) is 0 Å². The zero-order valence-electron chi connectivity index (χ0n) is 9.42. The monoisotopic (exact) mass is 265 g/mol. The second-order valence-corrected chi connectivity index (χ2v) is 3.47. The molecule has 1 aromatic carbocycles. The van der Waals surface area contributed by atoms with E-state index in [4.69, 9.17) is 4.74 Å². The lowest BCUT2D eigenvalue weighted by atomic mass is 10.2. The number of carbonyl (C=O) groups is 1. The van der Waals surface area contributed by atoms with Crippen LogP contribution >= 0.6 is 0 Å². The third-order valence-electron chi connectivity index (χ3n) is 2.14. The second-order valence-electron chi connectivity index (χ2n) is 3.47. The first-order valence-corrected chi connectivity index (χ1v) is 4.94. The molecule has 0 unspecified atom stereocenters. The number of methoxy groups -OCH3 is 1. The summed E-state index contributed by atoms with van der Waals surface area (Å²) in [5.41, 5.74) is 0.433. The van der Waals surface area contributed by atoms with Gasteiger partial charge in [0.25, 0.3) is 0 Å². The van der Waals surface area contributed by atoms with Crippen molar-refractivity contribution in [2.24, 2.45) is 0 Å². The van der Waals surface area contributed by atoms with E-state index in [1.54, 1.807) is 11.4 Å². The molecule has 18 heavy (non-hydrogen) atoms. The third-order valence-corrected chi connectivity index (χ3v) is 2.14. The summed E-state index contributed by atoms with van der Waals surface area (Å²) in [6, 6.07) is 5.94. The number of amides is 1. The third kappa shape index (κ3) is 3.19. The molecule has 1 amide bonds. The molecule has 0 aliphatic carbocycles. The Balaban J connectivity index is 2.88. The number of hydrogen-bond acceptors (Lipinski definition) is 2. The van der Waals surface area contributed by atoms with E-state index in [0.717, 1.165) is 0 Å².